The van der Waals surface area contributed by atoms with E-state index in [0.29, 0.717) is 16.4 Å². The van der Waals surface area contributed by atoms with Gasteiger partial charge < -0.3 is 15.7 Å². The Labute approximate surface area is 118 Å². The van der Waals surface area contributed by atoms with E-state index in [9.17, 15) is 9.59 Å². The van der Waals surface area contributed by atoms with E-state index in [1.165, 1.54) is 6.20 Å². The number of thiazole rings is 1. The van der Waals surface area contributed by atoms with Gasteiger partial charge in [-0.15, -0.1) is 11.3 Å². The van der Waals surface area contributed by atoms with Crippen molar-refractivity contribution in [2.45, 2.75) is 13.5 Å². The summed E-state index contributed by atoms with van der Waals surface area (Å²) in [7, 11) is 1.74. The summed E-state index contributed by atoms with van der Waals surface area (Å²) in [6, 6.07) is -0.400. The molecule has 0 bridgehead atoms. The molecule has 2 rings (SSSR count). The van der Waals surface area contributed by atoms with Crippen molar-refractivity contribution in [3.05, 3.63) is 28.0 Å². The second-order valence-electron chi connectivity index (χ2n) is 4.04. The van der Waals surface area contributed by atoms with Gasteiger partial charge in [0.1, 0.15) is 9.88 Å². The smallest absolute Gasteiger partial charge is 0.347 e. The highest BCUT2D eigenvalue weighted by molar-refractivity contribution is 7.13. The maximum Gasteiger partial charge on any atom is 0.347 e. The molecule has 0 aromatic carbocycles. The van der Waals surface area contributed by atoms with E-state index < -0.39 is 12.0 Å². The number of carboxylic acids is 1. The first-order valence-electron chi connectivity index (χ1n) is 5.69. The van der Waals surface area contributed by atoms with Gasteiger partial charge in [0.25, 0.3) is 0 Å². The van der Waals surface area contributed by atoms with Crippen molar-refractivity contribution >= 4 is 29.0 Å². The summed E-state index contributed by atoms with van der Waals surface area (Å²) in [5.41, 5.74) is 1.03. The topological polar surface area (TPSA) is 109 Å². The van der Waals surface area contributed by atoms with Crippen molar-refractivity contribution in [3.63, 3.8) is 0 Å². The van der Waals surface area contributed by atoms with Gasteiger partial charge in [-0.2, -0.15) is 5.10 Å². The Kier molecular flexibility index (Phi) is 3.99. The van der Waals surface area contributed by atoms with Gasteiger partial charge in [-0.05, 0) is 6.92 Å². The monoisotopic (exact) mass is 295 g/mol. The molecule has 2 aromatic rings. The molecule has 0 unspecified atom stereocenters. The first-order valence-corrected chi connectivity index (χ1v) is 6.50. The Hall–Kier alpha value is -2.42. The van der Waals surface area contributed by atoms with Crippen LogP contribution in [0.5, 0.6) is 0 Å². The number of anilines is 1. The van der Waals surface area contributed by atoms with Gasteiger partial charge in [0, 0.05) is 13.2 Å². The zero-order valence-electron chi connectivity index (χ0n) is 10.9. The zero-order chi connectivity index (χ0) is 14.7. The summed E-state index contributed by atoms with van der Waals surface area (Å²) < 4.78 is 1.57. The fraction of sp³-hybridized carbons (Fsp3) is 0.273. The van der Waals surface area contributed by atoms with Gasteiger partial charge in [-0.25, -0.2) is 14.6 Å². The Balaban J connectivity index is 1.90. The third-order valence-electron chi connectivity index (χ3n) is 2.40. The largest absolute Gasteiger partial charge is 0.477 e. The fourth-order valence-corrected chi connectivity index (χ4v) is 2.39. The maximum absolute atomic E-state index is 11.6. The molecule has 2 heterocycles. The normalized spacial score (nSPS) is 10.3. The predicted octanol–water partition coefficient (Wildman–Crippen LogP) is 1.20. The minimum Gasteiger partial charge on any atom is -0.477 e. The number of amides is 2. The van der Waals surface area contributed by atoms with Gasteiger partial charge in [0.15, 0.2) is 0 Å². The molecule has 0 spiro atoms. The van der Waals surface area contributed by atoms with Gasteiger partial charge in [-0.3, -0.25) is 4.68 Å². The van der Waals surface area contributed by atoms with Crippen molar-refractivity contribution in [2.24, 2.45) is 7.05 Å². The lowest BCUT2D eigenvalue weighted by atomic mass is 10.4. The lowest BCUT2D eigenvalue weighted by Crippen LogP contribution is -2.27. The predicted molar refractivity (Wildman–Crippen MR) is 72.9 cm³/mol. The van der Waals surface area contributed by atoms with Gasteiger partial charge >= 0.3 is 12.0 Å². The number of aryl methyl sites for hydroxylation is 2. The number of carbonyl (C=O) groups is 2. The highest BCUT2D eigenvalue weighted by Gasteiger charge is 2.14. The second kappa shape index (κ2) is 5.70. The minimum absolute atomic E-state index is 0.172. The summed E-state index contributed by atoms with van der Waals surface area (Å²) in [6.45, 7) is 1.80. The van der Waals surface area contributed by atoms with Crippen LogP contribution < -0.4 is 10.6 Å². The van der Waals surface area contributed by atoms with E-state index in [-0.39, 0.29) is 11.4 Å². The lowest BCUT2D eigenvalue weighted by molar-refractivity contribution is 0.0701. The van der Waals surface area contributed by atoms with Gasteiger partial charge in [-0.1, -0.05) is 0 Å². The van der Waals surface area contributed by atoms with E-state index in [4.69, 9.17) is 5.11 Å². The van der Waals surface area contributed by atoms with Crippen LogP contribution in [0.25, 0.3) is 0 Å². The number of aromatic nitrogens is 3. The fourth-order valence-electron chi connectivity index (χ4n) is 1.54. The Morgan fingerprint density at radius 2 is 2.25 bits per heavy atom. The molecule has 0 aliphatic heterocycles. The number of hydrogen-bond donors (Lipinski definition) is 3. The Morgan fingerprint density at radius 1 is 1.50 bits per heavy atom. The molecule has 20 heavy (non-hydrogen) atoms. The van der Waals surface area contributed by atoms with Crippen LogP contribution in [0.1, 0.15) is 20.4 Å². The van der Waals surface area contributed by atoms with Crippen LogP contribution in [0.2, 0.25) is 0 Å². The summed E-state index contributed by atoms with van der Waals surface area (Å²) in [5, 5.41) is 18.6. The molecule has 0 saturated carbocycles. The number of nitrogens with one attached hydrogen (secondary N) is 2. The number of hydrogen-bond acceptors (Lipinski definition) is 5. The van der Waals surface area contributed by atoms with Crippen molar-refractivity contribution in [3.8, 4) is 0 Å². The van der Waals surface area contributed by atoms with E-state index in [1.807, 2.05) is 0 Å². The molecule has 9 heteroatoms. The number of rotatable bonds is 4. The van der Waals surface area contributed by atoms with Crippen molar-refractivity contribution in [1.82, 2.24) is 20.1 Å². The quantitative estimate of drug-likeness (QED) is 0.785. The third-order valence-corrected chi connectivity index (χ3v) is 3.54. The first-order chi connectivity index (χ1) is 9.45. The van der Waals surface area contributed by atoms with Crippen LogP contribution in [0.3, 0.4) is 0 Å². The van der Waals surface area contributed by atoms with Crippen LogP contribution in [0, 0.1) is 6.92 Å². The Morgan fingerprint density at radius 3 is 2.80 bits per heavy atom. The maximum atomic E-state index is 11.6. The molecular formula is C11H13N5O3S. The van der Waals surface area contributed by atoms with Crippen LogP contribution in [-0.2, 0) is 13.6 Å². The minimum atomic E-state index is -1.01. The van der Waals surface area contributed by atoms with Gasteiger partial charge in [0.05, 0.1) is 24.1 Å². The first kappa shape index (κ1) is 14.0. The number of carbonyl (C=O) groups excluding carboxylic acids is 1. The number of aromatic carboxylic acids is 1. The molecule has 0 aliphatic rings. The second-order valence-corrected chi connectivity index (χ2v) is 5.12. The van der Waals surface area contributed by atoms with Crippen LogP contribution >= 0.6 is 11.3 Å². The third kappa shape index (κ3) is 3.32. The van der Waals surface area contributed by atoms with Crippen molar-refractivity contribution in [1.29, 1.82) is 0 Å². The van der Waals surface area contributed by atoms with Crippen LogP contribution in [0.4, 0.5) is 10.5 Å². The number of urea groups is 1. The molecule has 0 atom stereocenters. The molecule has 0 aliphatic carbocycles. The van der Waals surface area contributed by atoms with Crippen LogP contribution in [0.15, 0.2) is 12.4 Å². The molecule has 0 radical (unpaired) electrons. The molecule has 0 fully saturated rings. The Bertz CT molecular complexity index is 648. The van der Waals surface area contributed by atoms with E-state index >= 15 is 0 Å². The molecule has 2 aromatic heterocycles. The van der Waals surface area contributed by atoms with E-state index in [1.54, 1.807) is 24.9 Å². The van der Waals surface area contributed by atoms with Gasteiger partial charge in [0.2, 0.25) is 0 Å². The lowest BCUT2D eigenvalue weighted by Gasteiger charge is -2.03. The zero-order valence-corrected chi connectivity index (χ0v) is 11.7. The van der Waals surface area contributed by atoms with Crippen molar-refractivity contribution < 1.29 is 14.7 Å². The summed E-state index contributed by atoms with van der Waals surface area (Å²) in [6.07, 6.45) is 3.19. The molecule has 0 saturated heterocycles. The molecule has 2 amide bonds. The molecule has 8 nitrogen and oxygen atoms in total. The molecular weight excluding hydrogens is 282 g/mol. The van der Waals surface area contributed by atoms with Crippen LogP contribution in [-0.4, -0.2) is 31.9 Å². The number of carboxylic acid groups (broad SMARTS) is 1. The van der Waals surface area contributed by atoms with E-state index in [0.717, 1.165) is 11.3 Å². The highest BCUT2D eigenvalue weighted by Crippen LogP contribution is 2.17. The van der Waals surface area contributed by atoms with E-state index in [2.05, 4.69) is 20.7 Å². The molecule has 106 valence electrons. The standard InChI is InChI=1S/C11H13N5O3S/c1-6-9(10(17)18)20-8(14-6)4-12-11(19)15-7-3-13-16(2)5-7/h3,5H,4H2,1-2H3,(H,17,18)(H2,12,15,19). The SMILES string of the molecule is Cc1nc(CNC(=O)Nc2cnn(C)c2)sc1C(=O)O. The number of nitrogens with zero attached hydrogens (tertiary/aromatic N) is 3. The summed E-state index contributed by atoms with van der Waals surface area (Å²) >= 11 is 1.05. The molecule has 3 N–H and O–H groups in total. The average molecular weight is 295 g/mol. The van der Waals surface area contributed by atoms with Crippen molar-refractivity contribution in [2.75, 3.05) is 5.32 Å². The summed E-state index contributed by atoms with van der Waals surface area (Å²) in [5.74, 6) is -1.01. The highest BCUT2D eigenvalue weighted by atomic mass is 32.1. The summed E-state index contributed by atoms with van der Waals surface area (Å²) in [4.78, 5) is 26.8. The average Bonchev–Trinajstić information content (AvgIpc) is 2.93.